The minimum absolute atomic E-state index is 0.162. The molecule has 2 aromatic carbocycles. The van der Waals surface area contributed by atoms with Crippen LogP contribution in [0.4, 0.5) is 0 Å². The van der Waals surface area contributed by atoms with E-state index >= 15 is 0 Å². The van der Waals surface area contributed by atoms with Gasteiger partial charge in [-0.1, -0.05) is 68.4 Å². The third kappa shape index (κ3) is 4.67. The van der Waals surface area contributed by atoms with Crippen molar-refractivity contribution in [1.29, 1.82) is 0 Å². The molecule has 0 saturated carbocycles. The predicted octanol–water partition coefficient (Wildman–Crippen LogP) is 5.03. The topological polar surface area (TPSA) is 29.5 Å². The molecule has 3 nitrogen and oxygen atoms in total. The van der Waals surface area contributed by atoms with Gasteiger partial charge in [0.2, 0.25) is 0 Å². The molecule has 3 rings (SSSR count). The molecule has 142 valence electrons. The number of hydrogen-bond donors (Lipinski definition) is 0. The summed E-state index contributed by atoms with van der Waals surface area (Å²) >= 11 is 0. The maximum atomic E-state index is 12.6. The number of rotatable bonds is 6. The van der Waals surface area contributed by atoms with Crippen LogP contribution in [0, 0.1) is 0 Å². The number of hydrogen-bond acceptors (Lipinski definition) is 3. The zero-order valence-corrected chi connectivity index (χ0v) is 16.6. The third-order valence-electron chi connectivity index (χ3n) is 5.10. The quantitative estimate of drug-likeness (QED) is 0.674. The molecule has 0 bridgehead atoms. The van der Waals surface area contributed by atoms with Crippen LogP contribution in [0.25, 0.3) is 5.57 Å². The number of nitrogens with zero attached hydrogens (tertiary/aromatic N) is 1. The third-order valence-corrected chi connectivity index (χ3v) is 5.10. The van der Waals surface area contributed by atoms with Crippen LogP contribution in [0.3, 0.4) is 0 Å². The molecule has 0 fully saturated rings. The molecule has 1 aliphatic heterocycles. The first-order valence-corrected chi connectivity index (χ1v) is 9.84. The van der Waals surface area contributed by atoms with Crippen LogP contribution in [0.1, 0.15) is 49.8 Å². The Labute approximate surface area is 162 Å². The van der Waals surface area contributed by atoms with Gasteiger partial charge in [-0.15, -0.1) is 0 Å². The second kappa shape index (κ2) is 9.01. The lowest BCUT2D eigenvalue weighted by molar-refractivity contribution is -0.138. The number of esters is 1. The fourth-order valence-electron chi connectivity index (χ4n) is 3.76. The summed E-state index contributed by atoms with van der Waals surface area (Å²) < 4.78 is 5.37. The smallest absolute Gasteiger partial charge is 0.334 e. The number of carbonyl (C=O) groups excluding carboxylic acids is 1. The second-order valence-corrected chi connectivity index (χ2v) is 7.37. The van der Waals surface area contributed by atoms with Crippen LogP contribution in [0.15, 0.2) is 60.2 Å². The summed E-state index contributed by atoms with van der Waals surface area (Å²) in [7, 11) is 0. The predicted molar refractivity (Wildman–Crippen MR) is 110 cm³/mol. The van der Waals surface area contributed by atoms with E-state index in [4.69, 9.17) is 4.74 Å². The van der Waals surface area contributed by atoms with Crippen LogP contribution in [-0.4, -0.2) is 30.6 Å². The zero-order valence-electron chi connectivity index (χ0n) is 16.6. The average molecular weight is 364 g/mol. The van der Waals surface area contributed by atoms with E-state index in [2.05, 4.69) is 67.3 Å². The van der Waals surface area contributed by atoms with Crippen LogP contribution in [-0.2, 0) is 16.1 Å². The Balaban J connectivity index is 1.96. The first kappa shape index (κ1) is 19.4. The summed E-state index contributed by atoms with van der Waals surface area (Å²) in [6, 6.07) is 19.0. The molecule has 27 heavy (non-hydrogen) atoms. The van der Waals surface area contributed by atoms with Crippen molar-refractivity contribution in [1.82, 2.24) is 4.90 Å². The van der Waals surface area contributed by atoms with E-state index in [0.717, 1.165) is 37.2 Å². The highest BCUT2D eigenvalue weighted by atomic mass is 16.5. The molecular weight excluding hydrogens is 334 g/mol. The number of ether oxygens (including phenoxy) is 1. The molecule has 3 heteroatoms. The van der Waals surface area contributed by atoms with E-state index in [9.17, 15) is 4.79 Å². The summed E-state index contributed by atoms with van der Waals surface area (Å²) in [5.74, 6) is 0.243. The average Bonchev–Trinajstić information content (AvgIpc) is 2.69. The van der Waals surface area contributed by atoms with Crippen LogP contribution >= 0.6 is 0 Å². The first-order chi connectivity index (χ1) is 13.1. The van der Waals surface area contributed by atoms with E-state index in [-0.39, 0.29) is 5.97 Å². The summed E-state index contributed by atoms with van der Waals surface area (Å²) in [6.07, 6.45) is 0.730. The lowest BCUT2D eigenvalue weighted by atomic mass is 9.87. The molecule has 1 aliphatic rings. The van der Waals surface area contributed by atoms with Crippen molar-refractivity contribution in [3.63, 3.8) is 0 Å². The summed E-state index contributed by atoms with van der Waals surface area (Å²) in [6.45, 7) is 9.22. The standard InChI is InChI=1S/C24H29NO2/c1-4-27-24(26)22-14-15-25(16-19-10-6-5-7-11-19)17-23(22)21-13-9-8-12-20(21)18(2)3/h5-13,18H,4,14-17H2,1-3H3. The molecule has 0 amide bonds. The van der Waals surface area contributed by atoms with Crippen molar-refractivity contribution in [2.45, 2.75) is 39.7 Å². The van der Waals surface area contributed by atoms with Gasteiger partial charge >= 0.3 is 5.97 Å². The lowest BCUT2D eigenvalue weighted by Crippen LogP contribution is -2.33. The largest absolute Gasteiger partial charge is 0.463 e. The van der Waals surface area contributed by atoms with Gasteiger partial charge in [-0.05, 0) is 41.5 Å². The summed E-state index contributed by atoms with van der Waals surface area (Å²) in [5.41, 5.74) is 5.74. The molecule has 2 aromatic rings. The normalized spacial score (nSPS) is 15.3. The highest BCUT2D eigenvalue weighted by Gasteiger charge is 2.27. The molecule has 0 radical (unpaired) electrons. The molecule has 0 atom stereocenters. The summed E-state index contributed by atoms with van der Waals surface area (Å²) in [5, 5.41) is 0. The minimum atomic E-state index is -0.162. The molecule has 0 aliphatic carbocycles. The van der Waals surface area contributed by atoms with E-state index < -0.39 is 0 Å². The van der Waals surface area contributed by atoms with Crippen molar-refractivity contribution in [2.24, 2.45) is 0 Å². The number of benzene rings is 2. The van der Waals surface area contributed by atoms with Gasteiger partial charge < -0.3 is 4.74 Å². The molecule has 0 aromatic heterocycles. The van der Waals surface area contributed by atoms with Gasteiger partial charge in [0.05, 0.1) is 6.61 Å². The highest BCUT2D eigenvalue weighted by Crippen LogP contribution is 2.33. The monoisotopic (exact) mass is 363 g/mol. The Bertz CT molecular complexity index is 808. The van der Waals surface area contributed by atoms with Crippen molar-refractivity contribution >= 4 is 11.5 Å². The SMILES string of the molecule is CCOC(=O)C1=C(c2ccccc2C(C)C)CN(Cc2ccccc2)CC1. The fraction of sp³-hybridized carbons (Fsp3) is 0.375. The molecular formula is C24H29NO2. The van der Waals surface area contributed by atoms with Gasteiger partial charge in [-0.25, -0.2) is 4.79 Å². The second-order valence-electron chi connectivity index (χ2n) is 7.37. The molecule has 1 heterocycles. The Morgan fingerprint density at radius 3 is 2.48 bits per heavy atom. The van der Waals surface area contributed by atoms with E-state index in [1.54, 1.807) is 0 Å². The van der Waals surface area contributed by atoms with Gasteiger partial charge in [0, 0.05) is 25.2 Å². The molecule has 0 spiro atoms. The minimum Gasteiger partial charge on any atom is -0.463 e. The van der Waals surface area contributed by atoms with Gasteiger partial charge in [-0.3, -0.25) is 4.90 Å². The van der Waals surface area contributed by atoms with Crippen molar-refractivity contribution in [3.8, 4) is 0 Å². The fourth-order valence-corrected chi connectivity index (χ4v) is 3.76. The van der Waals surface area contributed by atoms with E-state index in [1.165, 1.54) is 16.7 Å². The summed E-state index contributed by atoms with van der Waals surface area (Å²) in [4.78, 5) is 15.1. The first-order valence-electron chi connectivity index (χ1n) is 9.84. The molecule has 0 N–H and O–H groups in total. The van der Waals surface area contributed by atoms with Crippen molar-refractivity contribution in [2.75, 3.05) is 19.7 Å². The van der Waals surface area contributed by atoms with Crippen molar-refractivity contribution in [3.05, 3.63) is 76.9 Å². The maximum Gasteiger partial charge on any atom is 0.334 e. The van der Waals surface area contributed by atoms with Crippen LogP contribution in [0.5, 0.6) is 0 Å². The van der Waals surface area contributed by atoms with Crippen molar-refractivity contribution < 1.29 is 9.53 Å². The Morgan fingerprint density at radius 2 is 1.78 bits per heavy atom. The van der Waals surface area contributed by atoms with Gasteiger partial charge in [0.15, 0.2) is 0 Å². The van der Waals surface area contributed by atoms with Gasteiger partial charge in [-0.2, -0.15) is 0 Å². The van der Waals surface area contributed by atoms with Gasteiger partial charge in [0.1, 0.15) is 0 Å². The molecule has 0 unspecified atom stereocenters. The lowest BCUT2D eigenvalue weighted by Gasteiger charge is -2.31. The molecule has 0 saturated heterocycles. The van der Waals surface area contributed by atoms with Gasteiger partial charge in [0.25, 0.3) is 0 Å². The van der Waals surface area contributed by atoms with Crippen LogP contribution in [0.2, 0.25) is 0 Å². The highest BCUT2D eigenvalue weighted by molar-refractivity contribution is 5.99. The Kier molecular flexibility index (Phi) is 6.46. The van der Waals surface area contributed by atoms with E-state index in [0.29, 0.717) is 12.5 Å². The van der Waals surface area contributed by atoms with E-state index in [1.807, 2.05) is 13.0 Å². The maximum absolute atomic E-state index is 12.6. The number of carbonyl (C=O) groups is 1. The Hall–Kier alpha value is -2.39. The van der Waals surface area contributed by atoms with Crippen LogP contribution < -0.4 is 0 Å². The zero-order chi connectivity index (χ0) is 19.2. The Morgan fingerprint density at radius 1 is 1.07 bits per heavy atom.